The number of benzene rings is 1. The quantitative estimate of drug-likeness (QED) is 0.578. The summed E-state index contributed by atoms with van der Waals surface area (Å²) in [6.07, 6.45) is 6.45. The van der Waals surface area contributed by atoms with Crippen LogP contribution in [0.2, 0.25) is 0 Å². The third-order valence-electron chi connectivity index (χ3n) is 4.75. The molecule has 8 heteroatoms. The number of hydrogen-bond donors (Lipinski definition) is 1. The molecule has 0 bridgehead atoms. The molecule has 1 saturated carbocycles. The number of non-ortho nitro benzene ring substituents is 1. The van der Waals surface area contributed by atoms with Crippen molar-refractivity contribution in [3.8, 4) is 0 Å². The molecular formula is C17H18N6O2. The average Bonchev–Trinajstić information content (AvgIpc) is 3.24. The molecule has 3 aromatic rings. The van der Waals surface area contributed by atoms with E-state index in [1.807, 2.05) is 10.7 Å². The van der Waals surface area contributed by atoms with Crippen LogP contribution in [0.4, 0.5) is 11.5 Å². The standard InChI is InChI=1S/C17H18N6O2/c18-16-15-14(9-11-4-3-7-13(8-11)23(24)25)21-22(12-5-1-2-6-12)17(15)20-10-19-16/h3-4,7-8,10,12H,1-2,5-6,9H2,(H2,18,19,20). The summed E-state index contributed by atoms with van der Waals surface area (Å²) in [5.41, 5.74) is 8.49. The van der Waals surface area contributed by atoms with E-state index in [1.54, 1.807) is 12.1 Å². The first-order chi connectivity index (χ1) is 12.1. The van der Waals surface area contributed by atoms with Gasteiger partial charge in [-0.05, 0) is 18.4 Å². The van der Waals surface area contributed by atoms with Crippen LogP contribution in [-0.2, 0) is 6.42 Å². The number of nitrogen functional groups attached to an aromatic ring is 1. The van der Waals surface area contributed by atoms with Gasteiger partial charge in [0.15, 0.2) is 5.65 Å². The Hall–Kier alpha value is -3.03. The number of rotatable bonds is 4. The summed E-state index contributed by atoms with van der Waals surface area (Å²) in [5.74, 6) is 0.398. The van der Waals surface area contributed by atoms with Crippen molar-refractivity contribution in [1.82, 2.24) is 19.7 Å². The Morgan fingerprint density at radius 2 is 2.08 bits per heavy atom. The van der Waals surface area contributed by atoms with E-state index in [-0.39, 0.29) is 5.69 Å². The molecular weight excluding hydrogens is 320 g/mol. The Morgan fingerprint density at radius 1 is 1.28 bits per heavy atom. The maximum Gasteiger partial charge on any atom is 0.269 e. The van der Waals surface area contributed by atoms with Crippen LogP contribution in [0.25, 0.3) is 11.0 Å². The maximum atomic E-state index is 11.0. The number of anilines is 1. The molecule has 2 aromatic heterocycles. The van der Waals surface area contributed by atoms with Gasteiger partial charge in [0.1, 0.15) is 12.1 Å². The predicted octanol–water partition coefficient (Wildman–Crippen LogP) is 3.02. The van der Waals surface area contributed by atoms with Crippen LogP contribution >= 0.6 is 0 Å². The van der Waals surface area contributed by atoms with Crippen LogP contribution in [0.3, 0.4) is 0 Å². The average molecular weight is 338 g/mol. The minimum absolute atomic E-state index is 0.0706. The number of hydrogen-bond acceptors (Lipinski definition) is 6. The molecule has 0 spiro atoms. The second-order valence-electron chi connectivity index (χ2n) is 6.39. The van der Waals surface area contributed by atoms with Crippen LogP contribution in [-0.4, -0.2) is 24.7 Å². The van der Waals surface area contributed by atoms with E-state index >= 15 is 0 Å². The van der Waals surface area contributed by atoms with E-state index in [1.165, 1.54) is 25.2 Å². The number of nitrogens with zero attached hydrogens (tertiary/aromatic N) is 5. The Labute approximate surface area is 143 Å². The lowest BCUT2D eigenvalue weighted by Crippen LogP contribution is -2.08. The molecule has 128 valence electrons. The van der Waals surface area contributed by atoms with Crippen molar-refractivity contribution in [3.63, 3.8) is 0 Å². The molecule has 1 fully saturated rings. The Morgan fingerprint density at radius 3 is 2.84 bits per heavy atom. The predicted molar refractivity (Wildman–Crippen MR) is 93.1 cm³/mol. The van der Waals surface area contributed by atoms with Crippen LogP contribution in [0, 0.1) is 10.1 Å². The normalized spacial score (nSPS) is 15.0. The molecule has 8 nitrogen and oxygen atoms in total. The highest BCUT2D eigenvalue weighted by Gasteiger charge is 2.24. The van der Waals surface area contributed by atoms with E-state index in [9.17, 15) is 10.1 Å². The van der Waals surface area contributed by atoms with Gasteiger partial charge in [0, 0.05) is 18.6 Å². The zero-order valence-electron chi connectivity index (χ0n) is 13.6. The van der Waals surface area contributed by atoms with Gasteiger partial charge in [0.2, 0.25) is 0 Å². The van der Waals surface area contributed by atoms with E-state index in [2.05, 4.69) is 9.97 Å². The fourth-order valence-electron chi connectivity index (χ4n) is 3.57. The zero-order chi connectivity index (χ0) is 17.4. The van der Waals surface area contributed by atoms with Gasteiger partial charge < -0.3 is 5.73 Å². The molecule has 2 N–H and O–H groups in total. The molecule has 0 saturated heterocycles. The van der Waals surface area contributed by atoms with Gasteiger partial charge in [-0.15, -0.1) is 0 Å². The summed E-state index contributed by atoms with van der Waals surface area (Å²) in [5, 5.41) is 16.5. The third kappa shape index (κ3) is 2.79. The number of nitro groups is 1. The van der Waals surface area contributed by atoms with E-state index in [4.69, 9.17) is 10.8 Å². The lowest BCUT2D eigenvalue weighted by atomic mass is 10.1. The fraction of sp³-hybridized carbons (Fsp3) is 0.353. The first kappa shape index (κ1) is 15.5. The minimum atomic E-state index is -0.393. The lowest BCUT2D eigenvalue weighted by Gasteiger charge is -2.10. The van der Waals surface area contributed by atoms with Crippen molar-refractivity contribution in [2.75, 3.05) is 5.73 Å². The molecule has 0 aliphatic heterocycles. The maximum absolute atomic E-state index is 11.0. The Kier molecular flexibility index (Phi) is 3.79. The number of nitro benzene ring substituents is 1. The highest BCUT2D eigenvalue weighted by atomic mass is 16.6. The fourth-order valence-corrected chi connectivity index (χ4v) is 3.57. The topological polar surface area (TPSA) is 113 Å². The minimum Gasteiger partial charge on any atom is -0.383 e. The Bertz CT molecular complexity index is 945. The van der Waals surface area contributed by atoms with Gasteiger partial charge in [-0.1, -0.05) is 25.0 Å². The van der Waals surface area contributed by atoms with Gasteiger partial charge >= 0.3 is 0 Å². The first-order valence-electron chi connectivity index (χ1n) is 8.34. The molecule has 1 aromatic carbocycles. The van der Waals surface area contributed by atoms with Crippen molar-refractivity contribution in [3.05, 3.63) is 52.0 Å². The van der Waals surface area contributed by atoms with Gasteiger partial charge in [-0.3, -0.25) is 10.1 Å². The van der Waals surface area contributed by atoms with Gasteiger partial charge in [-0.2, -0.15) is 5.10 Å². The van der Waals surface area contributed by atoms with Crippen LogP contribution in [0.15, 0.2) is 30.6 Å². The van der Waals surface area contributed by atoms with Crippen LogP contribution < -0.4 is 5.73 Å². The third-order valence-corrected chi connectivity index (χ3v) is 4.75. The van der Waals surface area contributed by atoms with Crippen molar-refractivity contribution < 1.29 is 4.92 Å². The molecule has 1 aliphatic carbocycles. The van der Waals surface area contributed by atoms with Gasteiger partial charge in [-0.25, -0.2) is 14.6 Å². The summed E-state index contributed by atoms with van der Waals surface area (Å²) in [6.45, 7) is 0. The molecule has 0 unspecified atom stereocenters. The second kappa shape index (κ2) is 6.12. The second-order valence-corrected chi connectivity index (χ2v) is 6.39. The monoisotopic (exact) mass is 338 g/mol. The SMILES string of the molecule is Nc1ncnc2c1c(Cc1cccc([N+](=O)[O-])c1)nn2C1CCCC1. The van der Waals surface area contributed by atoms with E-state index < -0.39 is 4.92 Å². The summed E-state index contributed by atoms with van der Waals surface area (Å²) >= 11 is 0. The number of nitrogens with two attached hydrogens (primary N) is 1. The van der Waals surface area contributed by atoms with Crippen molar-refractivity contribution in [2.45, 2.75) is 38.1 Å². The molecule has 0 radical (unpaired) electrons. The molecule has 0 amide bonds. The van der Waals surface area contributed by atoms with E-state index in [0.717, 1.165) is 35.1 Å². The first-order valence-corrected chi connectivity index (χ1v) is 8.34. The van der Waals surface area contributed by atoms with Crippen molar-refractivity contribution in [2.24, 2.45) is 0 Å². The van der Waals surface area contributed by atoms with Gasteiger partial charge in [0.05, 0.1) is 22.0 Å². The van der Waals surface area contributed by atoms with E-state index in [0.29, 0.717) is 18.3 Å². The summed E-state index contributed by atoms with van der Waals surface area (Å²) < 4.78 is 1.97. The van der Waals surface area contributed by atoms with Crippen molar-refractivity contribution in [1.29, 1.82) is 0 Å². The molecule has 2 heterocycles. The summed E-state index contributed by atoms with van der Waals surface area (Å²) in [7, 11) is 0. The van der Waals surface area contributed by atoms with Crippen LogP contribution in [0.5, 0.6) is 0 Å². The zero-order valence-corrected chi connectivity index (χ0v) is 13.6. The van der Waals surface area contributed by atoms with Crippen molar-refractivity contribution >= 4 is 22.5 Å². The largest absolute Gasteiger partial charge is 0.383 e. The molecule has 0 atom stereocenters. The smallest absolute Gasteiger partial charge is 0.269 e. The molecule has 4 rings (SSSR count). The van der Waals surface area contributed by atoms with Crippen LogP contribution in [0.1, 0.15) is 43.0 Å². The number of fused-ring (bicyclic) bond motifs is 1. The molecule has 25 heavy (non-hydrogen) atoms. The lowest BCUT2D eigenvalue weighted by molar-refractivity contribution is -0.384. The Balaban J connectivity index is 1.79. The van der Waals surface area contributed by atoms with Gasteiger partial charge in [0.25, 0.3) is 5.69 Å². The highest BCUT2D eigenvalue weighted by Crippen LogP contribution is 2.33. The summed E-state index contributed by atoms with van der Waals surface area (Å²) in [6, 6.07) is 6.92. The number of aromatic nitrogens is 4. The molecule has 1 aliphatic rings. The summed E-state index contributed by atoms with van der Waals surface area (Å²) in [4.78, 5) is 19.1. The highest BCUT2D eigenvalue weighted by molar-refractivity contribution is 5.88.